The summed E-state index contributed by atoms with van der Waals surface area (Å²) in [5.74, 6) is 0.00428. The highest BCUT2D eigenvalue weighted by Crippen LogP contribution is 2.22. The third-order valence-electron chi connectivity index (χ3n) is 5.33. The van der Waals surface area contributed by atoms with E-state index < -0.39 is 10.0 Å². The zero-order chi connectivity index (χ0) is 21.7. The molecule has 3 aromatic rings. The van der Waals surface area contributed by atoms with Crippen LogP contribution in [0.1, 0.15) is 5.56 Å². The number of piperazine rings is 1. The molecule has 0 atom stereocenters. The van der Waals surface area contributed by atoms with Gasteiger partial charge in [-0.25, -0.2) is 8.42 Å². The standard InChI is InChI=1S/C23H25N3O3S2/c27-22(26(21-10-5-2-6-11-21)18-20-8-3-1-4-9-20)19-24-13-15-25(16-14-24)31(28,29)23-12-7-17-30-23/h1-12,17H,13-16,18-19H2. The number of hydrogen-bond acceptors (Lipinski definition) is 5. The van der Waals surface area contributed by atoms with Crippen molar-refractivity contribution in [1.82, 2.24) is 9.21 Å². The summed E-state index contributed by atoms with van der Waals surface area (Å²) < 4.78 is 27.3. The molecule has 162 valence electrons. The second kappa shape index (κ2) is 9.74. The van der Waals surface area contributed by atoms with Gasteiger partial charge in [0.25, 0.3) is 10.0 Å². The summed E-state index contributed by atoms with van der Waals surface area (Å²) in [6, 6.07) is 23.0. The zero-order valence-corrected chi connectivity index (χ0v) is 18.8. The predicted molar refractivity (Wildman–Crippen MR) is 124 cm³/mol. The third-order valence-corrected chi connectivity index (χ3v) is 8.60. The van der Waals surface area contributed by atoms with Gasteiger partial charge in [-0.1, -0.05) is 54.6 Å². The van der Waals surface area contributed by atoms with Crippen molar-refractivity contribution in [2.45, 2.75) is 10.8 Å². The normalized spacial score (nSPS) is 15.6. The van der Waals surface area contributed by atoms with Crippen molar-refractivity contribution in [2.24, 2.45) is 0 Å². The van der Waals surface area contributed by atoms with Crippen molar-refractivity contribution in [1.29, 1.82) is 0 Å². The molecule has 31 heavy (non-hydrogen) atoms. The molecular formula is C23H25N3O3S2. The minimum atomic E-state index is -3.44. The minimum absolute atomic E-state index is 0.00428. The maximum atomic E-state index is 13.2. The van der Waals surface area contributed by atoms with E-state index in [9.17, 15) is 13.2 Å². The number of anilines is 1. The Morgan fingerprint density at radius 2 is 1.52 bits per heavy atom. The van der Waals surface area contributed by atoms with E-state index in [1.165, 1.54) is 15.6 Å². The van der Waals surface area contributed by atoms with Gasteiger partial charge in [-0.15, -0.1) is 11.3 Å². The Hall–Kier alpha value is -2.52. The van der Waals surface area contributed by atoms with Crippen LogP contribution in [0.25, 0.3) is 0 Å². The predicted octanol–water partition coefficient (Wildman–Crippen LogP) is 3.29. The van der Waals surface area contributed by atoms with Crippen LogP contribution in [0.4, 0.5) is 5.69 Å². The minimum Gasteiger partial charge on any atom is -0.307 e. The summed E-state index contributed by atoms with van der Waals surface area (Å²) in [6.07, 6.45) is 0. The van der Waals surface area contributed by atoms with Crippen molar-refractivity contribution in [2.75, 3.05) is 37.6 Å². The highest BCUT2D eigenvalue weighted by molar-refractivity contribution is 7.91. The van der Waals surface area contributed by atoms with Gasteiger partial charge in [0.05, 0.1) is 13.1 Å². The van der Waals surface area contributed by atoms with Gasteiger partial charge in [0.15, 0.2) is 0 Å². The van der Waals surface area contributed by atoms with E-state index in [4.69, 9.17) is 0 Å². The number of carbonyl (C=O) groups excluding carboxylic acids is 1. The number of rotatable bonds is 7. The Kier molecular flexibility index (Phi) is 6.82. The van der Waals surface area contributed by atoms with Crippen LogP contribution in [0.3, 0.4) is 0 Å². The Bertz CT molecular complexity index is 1080. The molecule has 2 aromatic carbocycles. The number of benzene rings is 2. The molecule has 4 rings (SSSR count). The number of thiophene rings is 1. The SMILES string of the molecule is O=C(CN1CCN(S(=O)(=O)c2cccs2)CC1)N(Cc1ccccc1)c1ccccc1. The molecule has 1 fully saturated rings. The van der Waals surface area contributed by atoms with Gasteiger partial charge in [0, 0.05) is 31.9 Å². The Balaban J connectivity index is 1.41. The average molecular weight is 456 g/mol. The third kappa shape index (κ3) is 5.22. The summed E-state index contributed by atoms with van der Waals surface area (Å²) in [7, 11) is -3.44. The molecule has 0 saturated carbocycles. The first kappa shape index (κ1) is 21.7. The van der Waals surface area contributed by atoms with Crippen molar-refractivity contribution < 1.29 is 13.2 Å². The lowest BCUT2D eigenvalue weighted by Gasteiger charge is -2.34. The van der Waals surface area contributed by atoms with E-state index >= 15 is 0 Å². The molecule has 0 aliphatic carbocycles. The molecule has 2 heterocycles. The van der Waals surface area contributed by atoms with Crippen LogP contribution >= 0.6 is 11.3 Å². The molecule has 0 N–H and O–H groups in total. The lowest BCUT2D eigenvalue weighted by atomic mass is 10.2. The highest BCUT2D eigenvalue weighted by Gasteiger charge is 2.30. The molecule has 6 nitrogen and oxygen atoms in total. The molecule has 1 aromatic heterocycles. The summed E-state index contributed by atoms with van der Waals surface area (Å²) in [4.78, 5) is 17.1. The van der Waals surface area contributed by atoms with E-state index in [1.54, 1.807) is 22.4 Å². The molecule has 0 bridgehead atoms. The lowest BCUT2D eigenvalue weighted by Crippen LogP contribution is -2.51. The van der Waals surface area contributed by atoms with Crippen LogP contribution in [0.5, 0.6) is 0 Å². The number of para-hydroxylation sites is 1. The van der Waals surface area contributed by atoms with Crippen LogP contribution < -0.4 is 4.90 Å². The maximum absolute atomic E-state index is 13.2. The van der Waals surface area contributed by atoms with E-state index in [2.05, 4.69) is 0 Å². The number of sulfonamides is 1. The summed E-state index contributed by atoms with van der Waals surface area (Å²) in [5.41, 5.74) is 1.92. The fraction of sp³-hybridized carbons (Fsp3) is 0.261. The van der Waals surface area contributed by atoms with Gasteiger partial charge in [0.1, 0.15) is 4.21 Å². The number of hydrogen-bond donors (Lipinski definition) is 0. The Morgan fingerprint density at radius 3 is 2.13 bits per heavy atom. The first-order valence-electron chi connectivity index (χ1n) is 10.2. The first-order valence-corrected chi connectivity index (χ1v) is 12.5. The largest absolute Gasteiger partial charge is 0.307 e. The molecule has 1 aliphatic heterocycles. The average Bonchev–Trinajstić information content (AvgIpc) is 3.35. The molecule has 1 amide bonds. The van der Waals surface area contributed by atoms with Crippen LogP contribution in [0, 0.1) is 0 Å². The highest BCUT2D eigenvalue weighted by atomic mass is 32.2. The summed E-state index contributed by atoms with van der Waals surface area (Å²) in [6.45, 7) is 2.59. The monoisotopic (exact) mass is 455 g/mol. The number of nitrogens with zero attached hydrogens (tertiary/aromatic N) is 3. The Morgan fingerprint density at radius 1 is 0.871 bits per heavy atom. The first-order chi connectivity index (χ1) is 15.0. The molecule has 1 saturated heterocycles. The smallest absolute Gasteiger partial charge is 0.252 e. The van der Waals surface area contributed by atoms with E-state index in [0.717, 1.165) is 11.3 Å². The number of carbonyl (C=O) groups is 1. The number of amides is 1. The van der Waals surface area contributed by atoms with Crippen LogP contribution in [0.2, 0.25) is 0 Å². The van der Waals surface area contributed by atoms with E-state index in [1.807, 2.05) is 65.6 Å². The van der Waals surface area contributed by atoms with Gasteiger partial charge < -0.3 is 4.90 Å². The van der Waals surface area contributed by atoms with Gasteiger partial charge in [-0.3, -0.25) is 9.69 Å². The molecule has 0 unspecified atom stereocenters. The summed E-state index contributed by atoms with van der Waals surface area (Å²) >= 11 is 1.23. The van der Waals surface area contributed by atoms with Crippen molar-refractivity contribution in [3.63, 3.8) is 0 Å². The fourth-order valence-corrected chi connectivity index (χ4v) is 6.21. The second-order valence-electron chi connectivity index (χ2n) is 7.41. The lowest BCUT2D eigenvalue weighted by molar-refractivity contribution is -0.120. The molecule has 0 spiro atoms. The quantitative estimate of drug-likeness (QED) is 0.549. The second-order valence-corrected chi connectivity index (χ2v) is 10.5. The van der Waals surface area contributed by atoms with Crippen molar-refractivity contribution >= 4 is 33.0 Å². The van der Waals surface area contributed by atoms with E-state index in [-0.39, 0.29) is 12.5 Å². The van der Waals surface area contributed by atoms with Crippen LogP contribution in [-0.2, 0) is 21.4 Å². The fourth-order valence-electron chi connectivity index (χ4n) is 3.64. The van der Waals surface area contributed by atoms with Gasteiger partial charge in [-0.05, 0) is 29.1 Å². The van der Waals surface area contributed by atoms with Crippen molar-refractivity contribution in [3.8, 4) is 0 Å². The van der Waals surface area contributed by atoms with E-state index in [0.29, 0.717) is 36.9 Å². The van der Waals surface area contributed by atoms with Gasteiger partial charge in [-0.2, -0.15) is 4.31 Å². The van der Waals surface area contributed by atoms with Crippen LogP contribution in [0.15, 0.2) is 82.4 Å². The van der Waals surface area contributed by atoms with Gasteiger partial charge in [0.2, 0.25) is 5.91 Å². The molecule has 8 heteroatoms. The topological polar surface area (TPSA) is 60.9 Å². The molecule has 1 aliphatic rings. The Labute approximate surface area is 187 Å². The zero-order valence-electron chi connectivity index (χ0n) is 17.1. The van der Waals surface area contributed by atoms with Gasteiger partial charge >= 0.3 is 0 Å². The summed E-state index contributed by atoms with van der Waals surface area (Å²) in [5, 5.41) is 1.77. The molecule has 0 radical (unpaired) electrons. The maximum Gasteiger partial charge on any atom is 0.252 e. The molecular weight excluding hydrogens is 430 g/mol. The van der Waals surface area contributed by atoms with Crippen LogP contribution in [-0.4, -0.2) is 56.3 Å². The van der Waals surface area contributed by atoms with Crippen molar-refractivity contribution in [3.05, 3.63) is 83.7 Å².